The molecule has 1 aliphatic rings. The molecule has 0 bridgehead atoms. The van der Waals surface area contributed by atoms with E-state index in [9.17, 15) is 18.0 Å². The van der Waals surface area contributed by atoms with Crippen molar-refractivity contribution in [2.24, 2.45) is 0 Å². The molecule has 0 aliphatic carbocycles. The van der Waals surface area contributed by atoms with Crippen LogP contribution < -0.4 is 5.32 Å². The van der Waals surface area contributed by atoms with Crippen molar-refractivity contribution in [2.45, 2.75) is 45.1 Å². The van der Waals surface area contributed by atoms with E-state index in [0.29, 0.717) is 32.4 Å². The molecular formula is C13H24N2O4S. The van der Waals surface area contributed by atoms with Gasteiger partial charge >= 0.3 is 0 Å². The molecule has 0 aromatic carbocycles. The first-order valence-electron chi connectivity index (χ1n) is 7.02. The van der Waals surface area contributed by atoms with Crippen LogP contribution in [-0.2, 0) is 19.4 Å². The fourth-order valence-corrected chi connectivity index (χ4v) is 3.14. The van der Waals surface area contributed by atoms with Crippen LogP contribution in [0.4, 0.5) is 0 Å². The second kappa shape index (κ2) is 6.56. The van der Waals surface area contributed by atoms with Crippen molar-refractivity contribution >= 4 is 21.7 Å². The van der Waals surface area contributed by atoms with Crippen LogP contribution in [0.15, 0.2) is 0 Å². The molecule has 1 fully saturated rings. The molecule has 1 aliphatic heterocycles. The summed E-state index contributed by atoms with van der Waals surface area (Å²) in [5.74, 6) is -0.154. The molecule has 0 saturated carbocycles. The molecule has 1 rings (SSSR count). The number of carbonyl (C=O) groups is 2. The maximum Gasteiger partial charge on any atom is 0.248 e. The highest BCUT2D eigenvalue weighted by atomic mass is 32.2. The summed E-state index contributed by atoms with van der Waals surface area (Å²) in [5, 5.41) is 2.83. The SMILES string of the molecule is CCC1(CC)NC(=O)CCN(CCCS(C)(=O)=O)C1=O. The molecular weight excluding hydrogens is 280 g/mol. The van der Waals surface area contributed by atoms with Crippen LogP contribution >= 0.6 is 0 Å². The largest absolute Gasteiger partial charge is 0.342 e. The molecule has 6 nitrogen and oxygen atoms in total. The molecule has 20 heavy (non-hydrogen) atoms. The number of hydrogen-bond donors (Lipinski definition) is 1. The van der Waals surface area contributed by atoms with Crippen molar-refractivity contribution in [1.29, 1.82) is 0 Å². The van der Waals surface area contributed by atoms with E-state index in [2.05, 4.69) is 5.32 Å². The van der Waals surface area contributed by atoms with Gasteiger partial charge in [0, 0.05) is 25.8 Å². The van der Waals surface area contributed by atoms with Gasteiger partial charge in [0.25, 0.3) is 0 Å². The quantitative estimate of drug-likeness (QED) is 0.766. The normalized spacial score (nSPS) is 19.6. The Balaban J connectivity index is 2.80. The fourth-order valence-electron chi connectivity index (χ4n) is 2.48. The van der Waals surface area contributed by atoms with E-state index in [0.717, 1.165) is 0 Å². The lowest BCUT2D eigenvalue weighted by Crippen LogP contribution is -2.56. The summed E-state index contributed by atoms with van der Waals surface area (Å²) < 4.78 is 22.3. The van der Waals surface area contributed by atoms with E-state index >= 15 is 0 Å². The lowest BCUT2D eigenvalue weighted by Gasteiger charge is -2.33. The zero-order valence-corrected chi connectivity index (χ0v) is 13.3. The second-order valence-corrected chi connectivity index (χ2v) is 7.62. The van der Waals surface area contributed by atoms with Gasteiger partial charge in [-0.1, -0.05) is 13.8 Å². The average Bonchev–Trinajstić information content (AvgIpc) is 2.48. The second-order valence-electron chi connectivity index (χ2n) is 5.36. The van der Waals surface area contributed by atoms with Crippen LogP contribution in [0.3, 0.4) is 0 Å². The molecule has 1 heterocycles. The smallest absolute Gasteiger partial charge is 0.248 e. The van der Waals surface area contributed by atoms with Crippen molar-refractivity contribution in [3.8, 4) is 0 Å². The zero-order valence-electron chi connectivity index (χ0n) is 12.4. The molecule has 0 aromatic heterocycles. The number of rotatable bonds is 6. The molecule has 0 unspecified atom stereocenters. The molecule has 1 saturated heterocycles. The fraction of sp³-hybridized carbons (Fsp3) is 0.846. The summed E-state index contributed by atoms with van der Waals surface area (Å²) in [7, 11) is -3.02. The third-order valence-corrected chi connectivity index (χ3v) is 4.86. The van der Waals surface area contributed by atoms with Crippen molar-refractivity contribution in [3.05, 3.63) is 0 Å². The van der Waals surface area contributed by atoms with Gasteiger partial charge in [-0.3, -0.25) is 9.59 Å². The predicted molar refractivity (Wildman–Crippen MR) is 77.0 cm³/mol. The highest BCUT2D eigenvalue weighted by molar-refractivity contribution is 7.90. The number of amides is 2. The van der Waals surface area contributed by atoms with E-state index in [4.69, 9.17) is 0 Å². The Labute approximate surface area is 120 Å². The summed E-state index contributed by atoms with van der Waals surface area (Å²) in [6, 6.07) is 0. The summed E-state index contributed by atoms with van der Waals surface area (Å²) in [6.45, 7) is 4.49. The molecule has 0 aromatic rings. The first kappa shape index (κ1) is 16.9. The maximum absolute atomic E-state index is 12.6. The minimum absolute atomic E-state index is 0.0589. The number of hydrogen-bond acceptors (Lipinski definition) is 4. The Morgan fingerprint density at radius 3 is 2.35 bits per heavy atom. The number of nitrogens with zero attached hydrogens (tertiary/aromatic N) is 1. The topological polar surface area (TPSA) is 83.6 Å². The molecule has 0 atom stereocenters. The van der Waals surface area contributed by atoms with Crippen LogP contribution in [0.1, 0.15) is 39.5 Å². The van der Waals surface area contributed by atoms with Gasteiger partial charge in [0.1, 0.15) is 15.4 Å². The van der Waals surface area contributed by atoms with Gasteiger partial charge in [-0.15, -0.1) is 0 Å². The van der Waals surface area contributed by atoms with Crippen LogP contribution in [0.25, 0.3) is 0 Å². The first-order valence-corrected chi connectivity index (χ1v) is 9.08. The van der Waals surface area contributed by atoms with Gasteiger partial charge in [0.05, 0.1) is 5.75 Å². The van der Waals surface area contributed by atoms with Crippen molar-refractivity contribution in [1.82, 2.24) is 10.2 Å². The molecule has 0 spiro atoms. The van der Waals surface area contributed by atoms with Crippen molar-refractivity contribution in [2.75, 3.05) is 25.1 Å². The van der Waals surface area contributed by atoms with E-state index in [1.54, 1.807) is 4.90 Å². The van der Waals surface area contributed by atoms with Gasteiger partial charge in [-0.2, -0.15) is 0 Å². The van der Waals surface area contributed by atoms with Gasteiger partial charge in [-0.25, -0.2) is 8.42 Å². The maximum atomic E-state index is 12.6. The lowest BCUT2D eigenvalue weighted by atomic mass is 9.91. The number of sulfone groups is 1. The summed E-state index contributed by atoms with van der Waals surface area (Å²) in [6.07, 6.45) is 2.94. The van der Waals surface area contributed by atoms with Crippen LogP contribution in [0, 0.1) is 0 Å². The first-order chi connectivity index (χ1) is 9.24. The highest BCUT2D eigenvalue weighted by Gasteiger charge is 2.41. The molecule has 1 N–H and O–H groups in total. The van der Waals surface area contributed by atoms with Crippen molar-refractivity contribution < 1.29 is 18.0 Å². The Kier molecular flexibility index (Phi) is 5.56. The molecule has 116 valence electrons. The monoisotopic (exact) mass is 304 g/mol. The van der Waals surface area contributed by atoms with Crippen LogP contribution in [-0.4, -0.2) is 55.8 Å². The minimum Gasteiger partial charge on any atom is -0.342 e. The lowest BCUT2D eigenvalue weighted by molar-refractivity contribution is -0.139. The van der Waals surface area contributed by atoms with Gasteiger partial charge in [0.2, 0.25) is 11.8 Å². The molecule has 0 radical (unpaired) electrons. The Morgan fingerprint density at radius 1 is 1.25 bits per heavy atom. The van der Waals surface area contributed by atoms with E-state index in [-0.39, 0.29) is 24.0 Å². The third kappa shape index (κ3) is 4.19. The van der Waals surface area contributed by atoms with E-state index < -0.39 is 15.4 Å². The van der Waals surface area contributed by atoms with Gasteiger partial charge < -0.3 is 10.2 Å². The Bertz CT molecular complexity index is 469. The van der Waals surface area contributed by atoms with Gasteiger partial charge in [-0.05, 0) is 19.3 Å². The Morgan fingerprint density at radius 2 is 1.85 bits per heavy atom. The predicted octanol–water partition coefficient (Wildman–Crippen LogP) is 0.328. The third-order valence-electron chi connectivity index (χ3n) is 3.83. The summed E-state index contributed by atoms with van der Waals surface area (Å²) in [5.41, 5.74) is -0.835. The average molecular weight is 304 g/mol. The summed E-state index contributed by atoms with van der Waals surface area (Å²) in [4.78, 5) is 26.0. The number of carbonyl (C=O) groups excluding carboxylic acids is 2. The van der Waals surface area contributed by atoms with Crippen LogP contribution in [0.2, 0.25) is 0 Å². The summed E-state index contributed by atoms with van der Waals surface area (Å²) >= 11 is 0. The van der Waals surface area contributed by atoms with E-state index in [1.165, 1.54) is 6.26 Å². The standard InChI is InChI=1S/C13H24N2O4S/c1-4-13(5-2)12(17)15(9-7-11(16)14-13)8-6-10-20(3,18)19/h4-10H2,1-3H3,(H,14,16). The Hall–Kier alpha value is -1.11. The highest BCUT2D eigenvalue weighted by Crippen LogP contribution is 2.22. The van der Waals surface area contributed by atoms with Gasteiger partial charge in [0.15, 0.2) is 0 Å². The van der Waals surface area contributed by atoms with Crippen LogP contribution in [0.5, 0.6) is 0 Å². The zero-order chi connectivity index (χ0) is 15.4. The molecule has 2 amide bonds. The minimum atomic E-state index is -3.02. The number of nitrogens with one attached hydrogen (secondary N) is 1. The van der Waals surface area contributed by atoms with E-state index in [1.807, 2.05) is 13.8 Å². The van der Waals surface area contributed by atoms with Crippen molar-refractivity contribution in [3.63, 3.8) is 0 Å². The molecule has 7 heteroatoms.